The van der Waals surface area contributed by atoms with Gasteiger partial charge in [-0.15, -0.1) is 22.7 Å². The lowest BCUT2D eigenvalue weighted by Gasteiger charge is -2.05. The molecule has 0 bridgehead atoms. The lowest BCUT2D eigenvalue weighted by Crippen LogP contribution is -2.19. The zero-order valence-electron chi connectivity index (χ0n) is 9.74. The van der Waals surface area contributed by atoms with Crippen LogP contribution < -0.4 is 5.73 Å². The standard InChI is InChI=1S/C11H12N4S3/c1-7(12)6-8-9(18-11-13-2-4-17-11)14-10-15(8)3-5-16-10/h2-5,7H,6,12H2,1H3. The van der Waals surface area contributed by atoms with E-state index in [9.17, 15) is 0 Å². The first-order valence-electron chi connectivity index (χ1n) is 5.51. The quantitative estimate of drug-likeness (QED) is 0.804. The maximum absolute atomic E-state index is 5.93. The van der Waals surface area contributed by atoms with E-state index in [1.165, 1.54) is 5.69 Å². The van der Waals surface area contributed by atoms with Crippen LogP contribution >= 0.6 is 34.4 Å². The molecule has 7 heteroatoms. The molecule has 0 saturated carbocycles. The minimum absolute atomic E-state index is 0.125. The molecular weight excluding hydrogens is 284 g/mol. The highest BCUT2D eigenvalue weighted by molar-refractivity contribution is 8.01. The van der Waals surface area contributed by atoms with Crippen molar-refractivity contribution in [2.75, 3.05) is 0 Å². The molecule has 0 aliphatic heterocycles. The van der Waals surface area contributed by atoms with Gasteiger partial charge in [0.1, 0.15) is 5.03 Å². The van der Waals surface area contributed by atoms with Gasteiger partial charge in [-0.1, -0.05) is 0 Å². The first kappa shape index (κ1) is 12.2. The van der Waals surface area contributed by atoms with Crippen molar-refractivity contribution in [2.45, 2.75) is 28.8 Å². The molecule has 0 amide bonds. The second-order valence-electron chi connectivity index (χ2n) is 4.00. The van der Waals surface area contributed by atoms with Gasteiger partial charge in [0.2, 0.25) is 0 Å². The molecular formula is C11H12N4S3. The zero-order chi connectivity index (χ0) is 12.5. The summed E-state index contributed by atoms with van der Waals surface area (Å²) in [6.45, 7) is 2.02. The number of aromatic nitrogens is 3. The Balaban J connectivity index is 2.01. The maximum atomic E-state index is 5.93. The van der Waals surface area contributed by atoms with Gasteiger partial charge < -0.3 is 5.73 Å². The van der Waals surface area contributed by atoms with E-state index in [4.69, 9.17) is 5.73 Å². The minimum Gasteiger partial charge on any atom is -0.328 e. The second-order valence-corrected chi connectivity index (χ2v) is 7.00. The molecule has 0 fully saturated rings. The third-order valence-electron chi connectivity index (χ3n) is 2.43. The normalized spacial score (nSPS) is 13.2. The molecule has 0 aromatic carbocycles. The third kappa shape index (κ3) is 2.31. The summed E-state index contributed by atoms with van der Waals surface area (Å²) in [5, 5.41) is 5.05. The van der Waals surface area contributed by atoms with Gasteiger partial charge in [-0.2, -0.15) is 0 Å². The van der Waals surface area contributed by atoms with Crippen LogP contribution in [-0.4, -0.2) is 20.4 Å². The predicted molar refractivity (Wildman–Crippen MR) is 76.7 cm³/mol. The first-order chi connectivity index (χ1) is 8.74. The van der Waals surface area contributed by atoms with Crippen LogP contribution in [0.25, 0.3) is 4.96 Å². The summed E-state index contributed by atoms with van der Waals surface area (Å²) in [6, 6.07) is 0.125. The van der Waals surface area contributed by atoms with Crippen LogP contribution in [0.5, 0.6) is 0 Å². The second kappa shape index (κ2) is 5.00. The molecule has 3 heterocycles. The Morgan fingerprint density at radius 1 is 1.44 bits per heavy atom. The van der Waals surface area contributed by atoms with Gasteiger partial charge in [0.25, 0.3) is 0 Å². The summed E-state index contributed by atoms with van der Waals surface area (Å²) < 4.78 is 3.15. The van der Waals surface area contributed by atoms with Crippen molar-refractivity contribution in [3.63, 3.8) is 0 Å². The molecule has 0 spiro atoms. The van der Waals surface area contributed by atoms with Gasteiger partial charge in [-0.05, 0) is 18.7 Å². The molecule has 3 rings (SSSR count). The van der Waals surface area contributed by atoms with Crippen molar-refractivity contribution < 1.29 is 0 Å². The Morgan fingerprint density at radius 3 is 3.06 bits per heavy atom. The molecule has 3 aromatic rings. The molecule has 1 atom stereocenters. The Bertz CT molecular complexity index is 638. The van der Waals surface area contributed by atoms with E-state index < -0.39 is 0 Å². The summed E-state index contributed by atoms with van der Waals surface area (Å²) >= 11 is 4.90. The minimum atomic E-state index is 0.125. The first-order valence-corrected chi connectivity index (χ1v) is 8.09. The van der Waals surface area contributed by atoms with E-state index in [2.05, 4.69) is 20.6 Å². The van der Waals surface area contributed by atoms with Crippen molar-refractivity contribution in [1.82, 2.24) is 14.4 Å². The summed E-state index contributed by atoms with van der Waals surface area (Å²) in [4.78, 5) is 9.97. The monoisotopic (exact) mass is 296 g/mol. The van der Waals surface area contributed by atoms with Crippen LogP contribution in [0, 0.1) is 0 Å². The zero-order valence-corrected chi connectivity index (χ0v) is 12.2. The Morgan fingerprint density at radius 2 is 2.33 bits per heavy atom. The number of nitrogens with zero attached hydrogens (tertiary/aromatic N) is 3. The topological polar surface area (TPSA) is 56.2 Å². The molecule has 1 unspecified atom stereocenters. The smallest absolute Gasteiger partial charge is 0.194 e. The van der Waals surface area contributed by atoms with Crippen molar-refractivity contribution in [2.24, 2.45) is 5.73 Å². The van der Waals surface area contributed by atoms with Crippen LogP contribution in [0.15, 0.2) is 32.5 Å². The van der Waals surface area contributed by atoms with Gasteiger partial charge in [0.05, 0.1) is 5.69 Å². The molecule has 18 heavy (non-hydrogen) atoms. The summed E-state index contributed by atoms with van der Waals surface area (Å²) in [5.74, 6) is 0. The fourth-order valence-corrected chi connectivity index (χ4v) is 4.19. The van der Waals surface area contributed by atoms with E-state index in [0.29, 0.717) is 0 Å². The average molecular weight is 296 g/mol. The van der Waals surface area contributed by atoms with Crippen molar-refractivity contribution in [3.05, 3.63) is 28.8 Å². The Kier molecular flexibility index (Phi) is 3.38. The van der Waals surface area contributed by atoms with Crippen molar-refractivity contribution >= 4 is 39.4 Å². The molecule has 2 N–H and O–H groups in total. The van der Waals surface area contributed by atoms with Crippen LogP contribution in [0.4, 0.5) is 0 Å². The van der Waals surface area contributed by atoms with E-state index >= 15 is 0 Å². The van der Waals surface area contributed by atoms with Gasteiger partial charge in [-0.25, -0.2) is 9.97 Å². The number of thiazole rings is 2. The van der Waals surface area contributed by atoms with Gasteiger partial charge >= 0.3 is 0 Å². The molecule has 0 aliphatic carbocycles. The van der Waals surface area contributed by atoms with Crippen LogP contribution in [0.2, 0.25) is 0 Å². The van der Waals surface area contributed by atoms with Crippen molar-refractivity contribution in [1.29, 1.82) is 0 Å². The molecule has 3 aromatic heterocycles. The van der Waals surface area contributed by atoms with Crippen LogP contribution in [0.1, 0.15) is 12.6 Å². The molecule has 0 radical (unpaired) electrons. The fraction of sp³-hybridized carbons (Fsp3) is 0.273. The number of nitrogens with two attached hydrogens (primary N) is 1. The van der Waals surface area contributed by atoms with E-state index in [1.807, 2.05) is 23.9 Å². The average Bonchev–Trinajstić information content (AvgIpc) is 2.99. The molecule has 94 valence electrons. The lowest BCUT2D eigenvalue weighted by atomic mass is 10.2. The highest BCUT2D eigenvalue weighted by Crippen LogP contribution is 2.33. The van der Waals surface area contributed by atoms with Crippen LogP contribution in [0.3, 0.4) is 0 Å². The number of hydrogen-bond acceptors (Lipinski definition) is 6. The number of rotatable bonds is 4. The highest BCUT2D eigenvalue weighted by atomic mass is 32.2. The molecule has 0 aliphatic rings. The summed E-state index contributed by atoms with van der Waals surface area (Å²) in [5.41, 5.74) is 7.11. The van der Waals surface area contributed by atoms with Gasteiger partial charge in [-0.3, -0.25) is 4.40 Å². The largest absolute Gasteiger partial charge is 0.328 e. The molecule has 4 nitrogen and oxygen atoms in total. The van der Waals surface area contributed by atoms with Gasteiger partial charge in [0.15, 0.2) is 9.30 Å². The van der Waals surface area contributed by atoms with Crippen molar-refractivity contribution in [3.8, 4) is 0 Å². The maximum Gasteiger partial charge on any atom is 0.194 e. The highest BCUT2D eigenvalue weighted by Gasteiger charge is 2.16. The van der Waals surface area contributed by atoms with Crippen LogP contribution in [-0.2, 0) is 6.42 Å². The fourth-order valence-electron chi connectivity index (χ4n) is 1.73. The van der Waals surface area contributed by atoms with E-state index in [0.717, 1.165) is 20.7 Å². The van der Waals surface area contributed by atoms with E-state index in [-0.39, 0.29) is 6.04 Å². The number of hydrogen-bond donors (Lipinski definition) is 1. The predicted octanol–water partition coefficient (Wildman–Crippen LogP) is 2.89. The van der Waals surface area contributed by atoms with E-state index in [1.54, 1.807) is 34.4 Å². The summed E-state index contributed by atoms with van der Waals surface area (Å²) in [6.07, 6.45) is 4.69. The molecule has 0 saturated heterocycles. The van der Waals surface area contributed by atoms with Gasteiger partial charge in [0, 0.05) is 35.6 Å². The summed E-state index contributed by atoms with van der Waals surface area (Å²) in [7, 11) is 0. The number of imidazole rings is 1. The Hall–Kier alpha value is -0.890. The Labute approximate surface area is 117 Å². The lowest BCUT2D eigenvalue weighted by molar-refractivity contribution is 0.706. The number of fused-ring (bicyclic) bond motifs is 1. The third-order valence-corrected chi connectivity index (χ3v) is 5.09. The SMILES string of the molecule is CC(N)Cc1c(Sc2nccs2)nc2sccn12.